The maximum atomic E-state index is 12.1. The second-order valence-corrected chi connectivity index (χ2v) is 5.27. The molecule has 0 unspecified atom stereocenters. The Morgan fingerprint density at radius 1 is 1.26 bits per heavy atom. The van der Waals surface area contributed by atoms with Crippen molar-refractivity contribution in [3.8, 4) is 5.75 Å². The molecule has 0 amide bonds. The van der Waals surface area contributed by atoms with E-state index in [2.05, 4.69) is 23.7 Å². The van der Waals surface area contributed by atoms with E-state index < -0.39 is 0 Å². The molecule has 0 N–H and O–H groups in total. The molecule has 0 aliphatic heterocycles. The van der Waals surface area contributed by atoms with Crippen molar-refractivity contribution in [1.82, 2.24) is 9.88 Å². The summed E-state index contributed by atoms with van der Waals surface area (Å²) in [7, 11) is 1.61. The highest BCUT2D eigenvalue weighted by atomic mass is 16.5. The fourth-order valence-corrected chi connectivity index (χ4v) is 2.49. The number of benzene rings is 1. The Morgan fingerprint density at radius 3 is 2.74 bits per heavy atom. The summed E-state index contributed by atoms with van der Waals surface area (Å²) in [6.07, 6.45) is 2.37. The number of hydrogen-bond donors (Lipinski definition) is 0. The molecule has 2 rings (SSSR count). The van der Waals surface area contributed by atoms with Gasteiger partial charge in [0.1, 0.15) is 11.3 Å². The molecule has 5 nitrogen and oxygen atoms in total. The summed E-state index contributed by atoms with van der Waals surface area (Å²) in [4.78, 5) is 18.7. The first-order valence-electron chi connectivity index (χ1n) is 8.01. The molecule has 0 fully saturated rings. The van der Waals surface area contributed by atoms with Gasteiger partial charge in [0.2, 0.25) is 0 Å². The van der Waals surface area contributed by atoms with Gasteiger partial charge in [-0.1, -0.05) is 26.0 Å². The smallest absolute Gasteiger partial charge is 0.339 e. The minimum Gasteiger partial charge on any atom is -0.494 e. The van der Waals surface area contributed by atoms with E-state index in [1.807, 2.05) is 18.2 Å². The van der Waals surface area contributed by atoms with Crippen LogP contribution in [0.15, 0.2) is 30.5 Å². The maximum Gasteiger partial charge on any atom is 0.339 e. The van der Waals surface area contributed by atoms with Crippen LogP contribution < -0.4 is 4.74 Å². The summed E-state index contributed by atoms with van der Waals surface area (Å²) in [6.45, 7) is 7.65. The van der Waals surface area contributed by atoms with Gasteiger partial charge in [0.05, 0.1) is 19.3 Å². The zero-order valence-corrected chi connectivity index (χ0v) is 14.0. The van der Waals surface area contributed by atoms with Gasteiger partial charge in [0, 0.05) is 18.1 Å². The van der Waals surface area contributed by atoms with E-state index in [1.165, 1.54) is 6.20 Å². The highest BCUT2D eigenvalue weighted by Crippen LogP contribution is 2.23. The predicted octanol–water partition coefficient (Wildman–Crippen LogP) is 3.13. The standard InChI is InChI=1S/C18H24N2O3/c1-4-20(5-2)10-7-11-23-18(21)15-12-14-8-6-9-16(22-3)17(14)19-13-15/h6,8-9,12-13H,4-5,7,10-11H2,1-3H3. The summed E-state index contributed by atoms with van der Waals surface area (Å²) in [5.41, 5.74) is 1.21. The van der Waals surface area contributed by atoms with Crippen molar-refractivity contribution in [2.24, 2.45) is 0 Å². The molecule has 0 saturated carbocycles. The number of aromatic nitrogens is 1. The summed E-state index contributed by atoms with van der Waals surface area (Å²) in [5.74, 6) is 0.364. The lowest BCUT2D eigenvalue weighted by Crippen LogP contribution is -2.25. The number of para-hydroxylation sites is 1. The number of nitrogens with zero attached hydrogens (tertiary/aromatic N) is 2. The van der Waals surface area contributed by atoms with E-state index in [0.717, 1.165) is 37.0 Å². The van der Waals surface area contributed by atoms with Gasteiger partial charge < -0.3 is 14.4 Å². The molecule has 0 saturated heterocycles. The Kier molecular flexibility index (Phi) is 6.35. The molecule has 0 aliphatic rings. The Morgan fingerprint density at radius 2 is 2.04 bits per heavy atom. The molecular formula is C18H24N2O3. The van der Waals surface area contributed by atoms with E-state index >= 15 is 0 Å². The SMILES string of the molecule is CCN(CC)CCCOC(=O)c1cnc2c(OC)cccc2c1. The van der Waals surface area contributed by atoms with Crippen LogP contribution in [0.1, 0.15) is 30.6 Å². The minimum absolute atomic E-state index is 0.332. The van der Waals surface area contributed by atoms with E-state index in [0.29, 0.717) is 17.9 Å². The number of ether oxygens (including phenoxy) is 2. The predicted molar refractivity (Wildman–Crippen MR) is 91.0 cm³/mol. The fourth-order valence-electron chi connectivity index (χ4n) is 2.49. The van der Waals surface area contributed by atoms with Crippen molar-refractivity contribution in [2.45, 2.75) is 20.3 Å². The lowest BCUT2D eigenvalue weighted by molar-refractivity contribution is 0.0489. The van der Waals surface area contributed by atoms with Gasteiger partial charge in [-0.2, -0.15) is 0 Å². The highest BCUT2D eigenvalue weighted by molar-refractivity contribution is 5.95. The van der Waals surface area contributed by atoms with Crippen molar-refractivity contribution in [3.05, 3.63) is 36.0 Å². The van der Waals surface area contributed by atoms with Crippen molar-refractivity contribution >= 4 is 16.9 Å². The molecule has 0 aliphatic carbocycles. The van der Waals surface area contributed by atoms with Crippen LogP contribution in [0.25, 0.3) is 10.9 Å². The van der Waals surface area contributed by atoms with Gasteiger partial charge in [-0.15, -0.1) is 0 Å². The lowest BCUT2D eigenvalue weighted by atomic mass is 10.1. The number of esters is 1. The Labute approximate surface area is 137 Å². The third kappa shape index (κ3) is 4.42. The third-order valence-electron chi connectivity index (χ3n) is 3.88. The van der Waals surface area contributed by atoms with Crippen LogP contribution in [-0.4, -0.2) is 49.2 Å². The average Bonchev–Trinajstić information content (AvgIpc) is 2.60. The Hall–Kier alpha value is -2.14. The van der Waals surface area contributed by atoms with Gasteiger partial charge in [-0.25, -0.2) is 4.79 Å². The summed E-state index contributed by atoms with van der Waals surface area (Å²) < 4.78 is 10.6. The quantitative estimate of drug-likeness (QED) is 0.553. The van der Waals surface area contributed by atoms with Crippen LogP contribution >= 0.6 is 0 Å². The zero-order valence-electron chi connectivity index (χ0n) is 14.0. The molecule has 1 aromatic carbocycles. The van der Waals surface area contributed by atoms with Gasteiger partial charge >= 0.3 is 5.97 Å². The van der Waals surface area contributed by atoms with Crippen LogP contribution in [0.5, 0.6) is 5.75 Å². The minimum atomic E-state index is -0.332. The van der Waals surface area contributed by atoms with Crippen LogP contribution in [0.4, 0.5) is 0 Å². The van der Waals surface area contributed by atoms with Gasteiger partial charge in [0.25, 0.3) is 0 Å². The van der Waals surface area contributed by atoms with Crippen LogP contribution in [0, 0.1) is 0 Å². The van der Waals surface area contributed by atoms with E-state index in [-0.39, 0.29) is 5.97 Å². The molecule has 1 aromatic heterocycles. The first kappa shape index (κ1) is 17.2. The summed E-state index contributed by atoms with van der Waals surface area (Å²) >= 11 is 0. The van der Waals surface area contributed by atoms with Gasteiger partial charge in [0.15, 0.2) is 0 Å². The first-order chi connectivity index (χ1) is 11.2. The zero-order chi connectivity index (χ0) is 16.7. The summed E-state index contributed by atoms with van der Waals surface area (Å²) in [6, 6.07) is 7.42. The van der Waals surface area contributed by atoms with Gasteiger partial charge in [-0.3, -0.25) is 4.98 Å². The molecule has 0 atom stereocenters. The molecule has 2 aromatic rings. The molecule has 0 radical (unpaired) electrons. The van der Waals surface area contributed by atoms with Crippen molar-refractivity contribution < 1.29 is 14.3 Å². The second kappa shape index (κ2) is 8.48. The molecule has 0 spiro atoms. The van der Waals surface area contributed by atoms with Crippen LogP contribution in [-0.2, 0) is 4.74 Å². The number of fused-ring (bicyclic) bond motifs is 1. The third-order valence-corrected chi connectivity index (χ3v) is 3.88. The molecule has 0 bridgehead atoms. The molecule has 124 valence electrons. The molecule has 5 heteroatoms. The number of methoxy groups -OCH3 is 1. The van der Waals surface area contributed by atoms with Crippen LogP contribution in [0.2, 0.25) is 0 Å². The fraction of sp³-hybridized carbons (Fsp3) is 0.444. The lowest BCUT2D eigenvalue weighted by Gasteiger charge is -2.17. The normalized spacial score (nSPS) is 11.0. The summed E-state index contributed by atoms with van der Waals surface area (Å²) in [5, 5.41) is 0.863. The average molecular weight is 316 g/mol. The second-order valence-electron chi connectivity index (χ2n) is 5.27. The number of pyridine rings is 1. The van der Waals surface area contributed by atoms with Crippen molar-refractivity contribution in [1.29, 1.82) is 0 Å². The number of rotatable bonds is 8. The Balaban J connectivity index is 1.96. The van der Waals surface area contributed by atoms with Gasteiger partial charge in [-0.05, 0) is 31.6 Å². The highest BCUT2D eigenvalue weighted by Gasteiger charge is 2.11. The molecule has 23 heavy (non-hydrogen) atoms. The van der Waals surface area contributed by atoms with E-state index in [9.17, 15) is 4.79 Å². The van der Waals surface area contributed by atoms with Crippen LogP contribution in [0.3, 0.4) is 0 Å². The first-order valence-corrected chi connectivity index (χ1v) is 8.01. The van der Waals surface area contributed by atoms with Crippen molar-refractivity contribution in [3.63, 3.8) is 0 Å². The molecule has 1 heterocycles. The Bertz CT molecular complexity index is 654. The number of carbonyl (C=O) groups is 1. The number of carbonyl (C=O) groups excluding carboxylic acids is 1. The molecular weight excluding hydrogens is 292 g/mol. The number of hydrogen-bond acceptors (Lipinski definition) is 5. The monoisotopic (exact) mass is 316 g/mol. The topological polar surface area (TPSA) is 51.7 Å². The maximum absolute atomic E-state index is 12.1. The van der Waals surface area contributed by atoms with Crippen molar-refractivity contribution in [2.75, 3.05) is 33.4 Å². The van der Waals surface area contributed by atoms with E-state index in [4.69, 9.17) is 9.47 Å². The largest absolute Gasteiger partial charge is 0.494 e. The van der Waals surface area contributed by atoms with E-state index in [1.54, 1.807) is 13.2 Å².